The zero-order chi connectivity index (χ0) is 12.3. The molecule has 4 nitrogen and oxygen atoms in total. The molecule has 0 fully saturated rings. The molecule has 1 N–H and O–H groups in total. The van der Waals surface area contributed by atoms with Crippen molar-refractivity contribution < 1.29 is 27.8 Å². The number of carbonyl (C=O) groups excluding carboxylic acids is 1. The van der Waals surface area contributed by atoms with Crippen LogP contribution < -0.4 is 0 Å². The molecule has 0 saturated heterocycles. The third-order valence-corrected chi connectivity index (χ3v) is 1.84. The zero-order valence-corrected chi connectivity index (χ0v) is 8.21. The van der Waals surface area contributed by atoms with E-state index in [2.05, 4.69) is 9.72 Å². The van der Waals surface area contributed by atoms with Gasteiger partial charge in [-0.05, 0) is 11.6 Å². The van der Waals surface area contributed by atoms with Gasteiger partial charge in [0.25, 0.3) is 12.4 Å². The third kappa shape index (κ3) is 2.62. The molecule has 0 aliphatic carbocycles. The van der Waals surface area contributed by atoms with Gasteiger partial charge in [0.05, 0.1) is 13.5 Å². The maximum absolute atomic E-state index is 12.7. The van der Waals surface area contributed by atoms with E-state index in [9.17, 15) is 18.0 Å². The predicted molar refractivity (Wildman–Crippen MR) is 46.5 cm³/mol. The molecule has 7 heteroatoms. The number of nitrogens with zero attached hydrogens (tertiary/aromatic N) is 1. The van der Waals surface area contributed by atoms with E-state index in [1.807, 2.05) is 0 Å². The van der Waals surface area contributed by atoms with Crippen molar-refractivity contribution in [1.29, 1.82) is 0 Å². The number of alkyl halides is 2. The van der Waals surface area contributed by atoms with Crippen LogP contribution in [0.1, 0.15) is 17.7 Å². The van der Waals surface area contributed by atoms with Crippen molar-refractivity contribution in [2.45, 2.75) is 12.8 Å². The largest absolute Gasteiger partial charge is 0.504 e. The Labute approximate surface area is 88.7 Å². The Balaban J connectivity index is 3.14. The lowest BCUT2D eigenvalue weighted by Crippen LogP contribution is -2.09. The summed E-state index contributed by atoms with van der Waals surface area (Å²) >= 11 is 0. The molecule has 1 heterocycles. The van der Waals surface area contributed by atoms with Gasteiger partial charge in [0.15, 0.2) is 5.75 Å². The number of halogens is 3. The predicted octanol–water partition coefficient (Wildman–Crippen LogP) is 1.58. The molecule has 1 aromatic heterocycles. The summed E-state index contributed by atoms with van der Waals surface area (Å²) in [5.74, 6) is -3.07. The first-order chi connectivity index (χ1) is 7.45. The van der Waals surface area contributed by atoms with Crippen LogP contribution >= 0.6 is 0 Å². The average Bonchev–Trinajstić information content (AvgIpc) is 2.22. The van der Waals surface area contributed by atoms with Crippen molar-refractivity contribution in [3.8, 4) is 5.75 Å². The highest BCUT2D eigenvalue weighted by Gasteiger charge is 2.20. The third-order valence-electron chi connectivity index (χ3n) is 1.84. The summed E-state index contributed by atoms with van der Waals surface area (Å²) in [5, 5.41) is 8.96. The van der Waals surface area contributed by atoms with E-state index in [0.717, 1.165) is 13.2 Å². The number of rotatable bonds is 3. The average molecular weight is 235 g/mol. The van der Waals surface area contributed by atoms with Crippen molar-refractivity contribution in [2.75, 3.05) is 7.11 Å². The van der Waals surface area contributed by atoms with Gasteiger partial charge in [0.2, 0.25) is 0 Å². The summed E-state index contributed by atoms with van der Waals surface area (Å²) in [4.78, 5) is 13.8. The fourth-order valence-corrected chi connectivity index (χ4v) is 1.09. The van der Waals surface area contributed by atoms with Crippen LogP contribution in [-0.2, 0) is 16.0 Å². The van der Waals surface area contributed by atoms with Gasteiger partial charge < -0.3 is 9.84 Å². The molecular weight excluding hydrogens is 227 g/mol. The highest BCUT2D eigenvalue weighted by molar-refractivity contribution is 5.72. The van der Waals surface area contributed by atoms with Crippen LogP contribution in [0.25, 0.3) is 0 Å². The quantitative estimate of drug-likeness (QED) is 0.638. The van der Waals surface area contributed by atoms with Crippen LogP contribution in [0.2, 0.25) is 0 Å². The number of aromatic hydroxyl groups is 1. The van der Waals surface area contributed by atoms with Gasteiger partial charge >= 0.3 is 5.97 Å². The first-order valence-corrected chi connectivity index (χ1v) is 4.19. The van der Waals surface area contributed by atoms with E-state index >= 15 is 0 Å². The number of ether oxygens (including phenoxy) is 1. The van der Waals surface area contributed by atoms with Gasteiger partial charge in [-0.2, -0.15) is 4.39 Å². The molecule has 0 amide bonds. The number of pyridine rings is 1. The molecule has 16 heavy (non-hydrogen) atoms. The fraction of sp³-hybridized carbons (Fsp3) is 0.333. The summed E-state index contributed by atoms with van der Waals surface area (Å²) in [6.07, 6.45) is -3.54. The smallest absolute Gasteiger partial charge is 0.310 e. The van der Waals surface area contributed by atoms with Crippen LogP contribution in [0, 0.1) is 5.95 Å². The topological polar surface area (TPSA) is 59.4 Å². The molecular formula is C9H8F3NO3. The molecule has 0 saturated carbocycles. The van der Waals surface area contributed by atoms with Crippen molar-refractivity contribution in [1.82, 2.24) is 4.98 Å². The lowest BCUT2D eigenvalue weighted by atomic mass is 10.1. The van der Waals surface area contributed by atoms with Crippen LogP contribution in [0.4, 0.5) is 13.2 Å². The molecule has 0 unspecified atom stereocenters. The molecule has 0 aliphatic rings. The summed E-state index contributed by atoms with van der Waals surface area (Å²) < 4.78 is 41.9. The van der Waals surface area contributed by atoms with Gasteiger partial charge in [-0.1, -0.05) is 0 Å². The maximum atomic E-state index is 12.7. The second-order valence-corrected chi connectivity index (χ2v) is 2.90. The lowest BCUT2D eigenvalue weighted by Gasteiger charge is -2.07. The fourth-order valence-electron chi connectivity index (χ4n) is 1.09. The van der Waals surface area contributed by atoms with Gasteiger partial charge in [-0.3, -0.25) is 4.79 Å². The van der Waals surface area contributed by atoms with Gasteiger partial charge in [0.1, 0.15) is 5.69 Å². The van der Waals surface area contributed by atoms with Crippen molar-refractivity contribution in [3.05, 3.63) is 23.3 Å². The summed E-state index contributed by atoms with van der Waals surface area (Å²) in [7, 11) is 1.08. The van der Waals surface area contributed by atoms with Gasteiger partial charge in [-0.25, -0.2) is 13.8 Å². The van der Waals surface area contributed by atoms with Crippen molar-refractivity contribution in [3.63, 3.8) is 0 Å². The molecule has 1 rings (SSSR count). The first-order valence-electron chi connectivity index (χ1n) is 4.19. The minimum Gasteiger partial charge on any atom is -0.504 e. The number of aromatic nitrogens is 1. The Bertz CT molecular complexity index is 409. The molecule has 0 bridgehead atoms. The Morgan fingerprint density at radius 3 is 2.75 bits per heavy atom. The monoisotopic (exact) mass is 235 g/mol. The number of hydrogen-bond acceptors (Lipinski definition) is 4. The molecule has 88 valence electrons. The lowest BCUT2D eigenvalue weighted by molar-refractivity contribution is -0.139. The normalized spacial score (nSPS) is 10.6. The standard InChI is InChI=1S/C9H8F3NO3/c1-16-6(15)3-4-2-5(14)9(12)13-7(4)8(10)11/h2,8,14H,3H2,1H3. The summed E-state index contributed by atoms with van der Waals surface area (Å²) in [6, 6.07) is 0.737. The zero-order valence-electron chi connectivity index (χ0n) is 8.21. The minimum atomic E-state index is -3.03. The number of methoxy groups -OCH3 is 1. The number of carbonyl (C=O) groups is 1. The maximum Gasteiger partial charge on any atom is 0.310 e. The molecule has 0 spiro atoms. The summed E-state index contributed by atoms with van der Waals surface area (Å²) in [5.41, 5.74) is -1.14. The second kappa shape index (κ2) is 4.82. The Morgan fingerprint density at radius 1 is 1.62 bits per heavy atom. The van der Waals surface area contributed by atoms with Crippen molar-refractivity contribution in [2.24, 2.45) is 0 Å². The highest BCUT2D eigenvalue weighted by atomic mass is 19.3. The molecule has 0 aromatic carbocycles. The Morgan fingerprint density at radius 2 is 2.25 bits per heavy atom. The number of esters is 1. The molecule has 0 atom stereocenters. The SMILES string of the molecule is COC(=O)Cc1cc(O)c(F)nc1C(F)F. The van der Waals surface area contributed by atoms with Gasteiger partial charge in [0, 0.05) is 0 Å². The Hall–Kier alpha value is -1.79. The van der Waals surface area contributed by atoms with E-state index in [1.165, 1.54) is 0 Å². The number of hydrogen-bond donors (Lipinski definition) is 1. The van der Waals surface area contributed by atoms with Crippen LogP contribution in [-0.4, -0.2) is 23.2 Å². The first kappa shape index (κ1) is 12.3. The van der Waals surface area contributed by atoms with Crippen LogP contribution in [0.3, 0.4) is 0 Å². The van der Waals surface area contributed by atoms with E-state index < -0.39 is 36.2 Å². The Kier molecular flexibility index (Phi) is 3.70. The van der Waals surface area contributed by atoms with E-state index in [0.29, 0.717) is 0 Å². The summed E-state index contributed by atoms with van der Waals surface area (Å²) in [6.45, 7) is 0. The van der Waals surface area contributed by atoms with E-state index in [-0.39, 0.29) is 5.56 Å². The highest BCUT2D eigenvalue weighted by Crippen LogP contribution is 2.26. The second-order valence-electron chi connectivity index (χ2n) is 2.90. The molecule has 0 aliphatic heterocycles. The van der Waals surface area contributed by atoms with Crippen LogP contribution in [0.5, 0.6) is 5.75 Å². The van der Waals surface area contributed by atoms with Gasteiger partial charge in [-0.15, -0.1) is 0 Å². The molecule has 0 radical (unpaired) electrons. The molecule has 1 aromatic rings. The van der Waals surface area contributed by atoms with E-state index in [4.69, 9.17) is 5.11 Å². The van der Waals surface area contributed by atoms with E-state index in [1.54, 1.807) is 0 Å². The minimum absolute atomic E-state index is 0.263. The van der Waals surface area contributed by atoms with Crippen molar-refractivity contribution >= 4 is 5.97 Å². The van der Waals surface area contributed by atoms with Crippen LogP contribution in [0.15, 0.2) is 6.07 Å².